The van der Waals surface area contributed by atoms with Gasteiger partial charge in [0.05, 0.1) is 21.2 Å². The van der Waals surface area contributed by atoms with Crippen LogP contribution in [0.3, 0.4) is 0 Å². The summed E-state index contributed by atoms with van der Waals surface area (Å²) in [5.74, 6) is -0.252. The Morgan fingerprint density at radius 1 is 0.914 bits per heavy atom. The molecule has 0 radical (unpaired) electrons. The number of nitrogens with one attached hydrogen (secondary N) is 2. The van der Waals surface area contributed by atoms with Crippen molar-refractivity contribution in [3.8, 4) is 0 Å². The molecule has 3 aromatic rings. The number of rotatable bonds is 5. The zero-order valence-corrected chi connectivity index (χ0v) is 20.8. The monoisotopic (exact) mass is 515 g/mol. The van der Waals surface area contributed by atoms with Crippen LogP contribution in [-0.4, -0.2) is 42.7 Å². The molecule has 2 heterocycles. The van der Waals surface area contributed by atoms with Crippen molar-refractivity contribution in [1.29, 1.82) is 0 Å². The Bertz CT molecular complexity index is 1480. The second-order valence-corrected chi connectivity index (χ2v) is 12.9. The number of hydrogen-bond donors (Lipinski definition) is 2. The molecule has 7 nitrogen and oxygen atoms in total. The van der Waals surface area contributed by atoms with Gasteiger partial charge in [0.15, 0.2) is 9.84 Å². The molecule has 1 spiro atoms. The maximum Gasteiger partial charge on any atom is 0.261 e. The summed E-state index contributed by atoms with van der Waals surface area (Å²) in [6.45, 7) is 2.21. The lowest BCUT2D eigenvalue weighted by Gasteiger charge is -2.41. The molecular weight excluding hydrogens is 489 g/mol. The second kappa shape index (κ2) is 8.53. The summed E-state index contributed by atoms with van der Waals surface area (Å²) in [6, 6.07) is 17.3. The van der Waals surface area contributed by atoms with E-state index < -0.39 is 19.9 Å². The minimum Gasteiger partial charge on any atom is -0.384 e. The number of nitrogens with zero attached hydrogens (tertiary/aromatic N) is 1. The lowest BCUT2D eigenvalue weighted by Crippen LogP contribution is -2.44. The summed E-state index contributed by atoms with van der Waals surface area (Å²) in [7, 11) is -7.34. The van der Waals surface area contributed by atoms with E-state index in [2.05, 4.69) is 14.9 Å². The molecule has 0 unspecified atom stereocenters. The molecular formula is C25H26FN3O4S2. The molecule has 2 N–H and O–H groups in total. The molecule has 1 saturated heterocycles. The summed E-state index contributed by atoms with van der Waals surface area (Å²) < 4.78 is 65.8. The van der Waals surface area contributed by atoms with Gasteiger partial charge in [-0.3, -0.25) is 4.72 Å². The van der Waals surface area contributed by atoms with E-state index in [0.717, 1.165) is 55.7 Å². The zero-order valence-electron chi connectivity index (χ0n) is 19.2. The maximum absolute atomic E-state index is 13.6. The van der Waals surface area contributed by atoms with Crippen LogP contribution in [0, 0.1) is 5.82 Å². The van der Waals surface area contributed by atoms with E-state index in [-0.39, 0.29) is 21.0 Å². The Kier molecular flexibility index (Phi) is 5.76. The van der Waals surface area contributed by atoms with Gasteiger partial charge in [-0.25, -0.2) is 21.2 Å². The van der Waals surface area contributed by atoms with E-state index in [4.69, 9.17) is 0 Å². The summed E-state index contributed by atoms with van der Waals surface area (Å²) in [5.41, 5.74) is 3.18. The number of halogens is 1. The van der Waals surface area contributed by atoms with Gasteiger partial charge in [-0.05, 0) is 66.9 Å². The van der Waals surface area contributed by atoms with Crippen LogP contribution in [0.5, 0.6) is 0 Å². The standard InChI is InChI=1S/C25H26FN3O4S2/c1-34(30,31)19-7-9-20(10-8-19)35(32,33)28-22-4-2-3-5-24(22)29-14-12-25(13-15-29)17-27-23-16-18(26)6-11-21(23)25/h2-11,16,27-28H,12-15,17H2,1H3. The highest BCUT2D eigenvalue weighted by Gasteiger charge is 2.41. The molecule has 10 heteroatoms. The average molecular weight is 516 g/mol. The number of piperidine rings is 1. The lowest BCUT2D eigenvalue weighted by atomic mass is 9.74. The number of benzene rings is 3. The zero-order chi connectivity index (χ0) is 24.8. The van der Waals surface area contributed by atoms with Crippen LogP contribution < -0.4 is 14.9 Å². The van der Waals surface area contributed by atoms with Crippen molar-refractivity contribution < 1.29 is 21.2 Å². The number of sulfone groups is 1. The highest BCUT2D eigenvalue weighted by Crippen LogP contribution is 2.45. The fourth-order valence-electron chi connectivity index (χ4n) is 5.01. The van der Waals surface area contributed by atoms with Gasteiger partial charge in [-0.2, -0.15) is 0 Å². The predicted octanol–water partition coefficient (Wildman–Crippen LogP) is 3.99. The number of fused-ring (bicyclic) bond motifs is 2. The SMILES string of the molecule is CS(=O)(=O)c1ccc(S(=O)(=O)Nc2ccccc2N2CCC3(CC2)CNc2cc(F)ccc23)cc1. The molecule has 2 aliphatic heterocycles. The van der Waals surface area contributed by atoms with E-state index in [1.54, 1.807) is 18.2 Å². The predicted molar refractivity (Wildman–Crippen MR) is 135 cm³/mol. The molecule has 0 saturated carbocycles. The fraction of sp³-hybridized carbons (Fsp3) is 0.280. The number of hydrogen-bond acceptors (Lipinski definition) is 6. The normalized spacial score (nSPS) is 17.1. The summed E-state index contributed by atoms with van der Waals surface area (Å²) >= 11 is 0. The van der Waals surface area contributed by atoms with E-state index in [9.17, 15) is 21.2 Å². The van der Waals surface area contributed by atoms with Crippen LogP contribution in [0.1, 0.15) is 18.4 Å². The first kappa shape index (κ1) is 23.6. The third kappa shape index (κ3) is 4.48. The Hall–Kier alpha value is -3.11. The Labute approximate surface area is 204 Å². The molecule has 3 aromatic carbocycles. The van der Waals surface area contributed by atoms with Crippen LogP contribution in [0.4, 0.5) is 21.5 Å². The van der Waals surface area contributed by atoms with E-state index in [1.165, 1.54) is 30.3 Å². The van der Waals surface area contributed by atoms with E-state index in [1.807, 2.05) is 18.2 Å². The van der Waals surface area contributed by atoms with Crippen molar-refractivity contribution in [2.75, 3.05) is 40.8 Å². The largest absolute Gasteiger partial charge is 0.384 e. The fourth-order valence-corrected chi connectivity index (χ4v) is 6.72. The highest BCUT2D eigenvalue weighted by molar-refractivity contribution is 7.92. The minimum absolute atomic E-state index is 0.0156. The smallest absolute Gasteiger partial charge is 0.261 e. The van der Waals surface area contributed by atoms with Crippen molar-refractivity contribution in [3.63, 3.8) is 0 Å². The summed E-state index contributed by atoms with van der Waals surface area (Å²) in [6.07, 6.45) is 2.78. The third-order valence-electron chi connectivity index (χ3n) is 6.94. The topological polar surface area (TPSA) is 95.6 Å². The van der Waals surface area contributed by atoms with E-state index >= 15 is 0 Å². The van der Waals surface area contributed by atoms with Crippen molar-refractivity contribution in [1.82, 2.24) is 0 Å². The van der Waals surface area contributed by atoms with Gasteiger partial charge < -0.3 is 10.2 Å². The number of anilines is 3. The third-order valence-corrected chi connectivity index (χ3v) is 9.45. The first-order valence-corrected chi connectivity index (χ1v) is 14.7. The van der Waals surface area contributed by atoms with Gasteiger partial charge in [0.2, 0.25) is 0 Å². The number of para-hydroxylation sites is 2. The van der Waals surface area contributed by atoms with E-state index in [0.29, 0.717) is 5.69 Å². The molecule has 5 rings (SSSR count). The lowest BCUT2D eigenvalue weighted by molar-refractivity contribution is 0.362. The summed E-state index contributed by atoms with van der Waals surface area (Å²) in [5, 5.41) is 3.34. The quantitative estimate of drug-likeness (QED) is 0.534. The number of sulfonamides is 1. The molecule has 1 fully saturated rings. The molecule has 0 bridgehead atoms. The second-order valence-electron chi connectivity index (χ2n) is 9.18. The van der Waals surface area contributed by atoms with Crippen molar-refractivity contribution in [2.24, 2.45) is 0 Å². The van der Waals surface area contributed by atoms with Gasteiger partial charge in [0, 0.05) is 37.0 Å². The van der Waals surface area contributed by atoms with Crippen LogP contribution in [-0.2, 0) is 25.3 Å². The Morgan fingerprint density at radius 3 is 2.26 bits per heavy atom. The molecule has 184 valence electrons. The van der Waals surface area contributed by atoms with Gasteiger partial charge in [-0.1, -0.05) is 18.2 Å². The average Bonchev–Trinajstić information content (AvgIpc) is 3.16. The summed E-state index contributed by atoms with van der Waals surface area (Å²) in [4.78, 5) is 2.21. The van der Waals surface area contributed by atoms with Crippen LogP contribution in [0.15, 0.2) is 76.5 Å². The molecule has 0 aromatic heterocycles. The van der Waals surface area contributed by atoms with Gasteiger partial charge in [0.25, 0.3) is 10.0 Å². The minimum atomic E-state index is -3.92. The molecule has 0 atom stereocenters. The van der Waals surface area contributed by atoms with Crippen LogP contribution in [0.2, 0.25) is 0 Å². The van der Waals surface area contributed by atoms with Crippen molar-refractivity contribution in [2.45, 2.75) is 28.0 Å². The van der Waals surface area contributed by atoms with Crippen LogP contribution in [0.25, 0.3) is 0 Å². The maximum atomic E-state index is 13.6. The first-order chi connectivity index (χ1) is 16.6. The first-order valence-electron chi connectivity index (χ1n) is 11.3. The molecule has 0 aliphatic carbocycles. The Balaban J connectivity index is 1.35. The van der Waals surface area contributed by atoms with Gasteiger partial charge in [0.1, 0.15) is 5.82 Å². The van der Waals surface area contributed by atoms with Gasteiger partial charge in [-0.15, -0.1) is 0 Å². The molecule has 2 aliphatic rings. The van der Waals surface area contributed by atoms with Gasteiger partial charge >= 0.3 is 0 Å². The molecule has 0 amide bonds. The van der Waals surface area contributed by atoms with Crippen LogP contribution >= 0.6 is 0 Å². The highest BCUT2D eigenvalue weighted by atomic mass is 32.2. The Morgan fingerprint density at radius 2 is 1.57 bits per heavy atom. The van der Waals surface area contributed by atoms with Crippen molar-refractivity contribution in [3.05, 3.63) is 78.1 Å². The van der Waals surface area contributed by atoms with Crippen molar-refractivity contribution >= 4 is 36.9 Å². The molecule has 35 heavy (non-hydrogen) atoms.